The maximum atomic E-state index is 11.3. The van der Waals surface area contributed by atoms with Crippen molar-refractivity contribution < 1.29 is 14.7 Å². The van der Waals surface area contributed by atoms with Gasteiger partial charge in [-0.25, -0.2) is 0 Å². The molecule has 4 rings (SSSR count). The molecule has 1 fully saturated rings. The summed E-state index contributed by atoms with van der Waals surface area (Å²) >= 11 is 0. The van der Waals surface area contributed by atoms with E-state index in [1.165, 1.54) is 48.8 Å². The molecule has 0 amide bonds. The van der Waals surface area contributed by atoms with E-state index >= 15 is 0 Å². The zero-order valence-corrected chi connectivity index (χ0v) is 16.2. The second kappa shape index (κ2) is 7.75. The number of para-hydroxylation sites is 1. The Hall–Kier alpha value is -2.30. The lowest BCUT2D eigenvalue weighted by Gasteiger charge is -2.25. The van der Waals surface area contributed by atoms with Crippen LogP contribution in [0.5, 0.6) is 5.75 Å². The maximum Gasteiger partial charge on any atom is 0.119 e. The smallest absolute Gasteiger partial charge is 0.119 e. The largest absolute Gasteiger partial charge is 0.497 e. The number of piperidine rings is 1. The molecule has 0 spiro atoms. The first-order chi connectivity index (χ1) is 13.2. The molecule has 0 unspecified atom stereocenters. The molecule has 1 aliphatic heterocycles. The summed E-state index contributed by atoms with van der Waals surface area (Å²) in [5.74, 6) is 0.806. The van der Waals surface area contributed by atoms with E-state index in [0.29, 0.717) is 0 Å². The molecule has 1 saturated heterocycles. The number of rotatable bonds is 5. The topological polar surface area (TPSA) is 38.8 Å². The van der Waals surface area contributed by atoms with Crippen molar-refractivity contribution in [3.05, 3.63) is 65.4 Å². The second-order valence-corrected chi connectivity index (χ2v) is 7.60. The number of nitrogens with one attached hydrogen (secondary N) is 1. The molecule has 0 saturated carbocycles. The second-order valence-electron chi connectivity index (χ2n) is 7.60. The lowest BCUT2D eigenvalue weighted by molar-refractivity contribution is -0.918. The summed E-state index contributed by atoms with van der Waals surface area (Å²) in [5, 5.41) is 12.5. The molecule has 2 heterocycles. The third-order valence-electron chi connectivity index (χ3n) is 5.94. The average Bonchev–Trinajstić information content (AvgIpc) is 3.00. The average molecular weight is 365 g/mol. The van der Waals surface area contributed by atoms with Crippen molar-refractivity contribution in [3.8, 4) is 5.75 Å². The molecule has 4 heteroatoms. The van der Waals surface area contributed by atoms with Gasteiger partial charge in [-0.1, -0.05) is 30.3 Å². The van der Waals surface area contributed by atoms with Crippen LogP contribution >= 0.6 is 0 Å². The van der Waals surface area contributed by atoms with Crippen LogP contribution in [0, 0.1) is 0 Å². The van der Waals surface area contributed by atoms with Crippen LogP contribution in [0.3, 0.4) is 0 Å². The van der Waals surface area contributed by atoms with Gasteiger partial charge in [-0.05, 0) is 43.0 Å². The van der Waals surface area contributed by atoms with Gasteiger partial charge in [0.2, 0.25) is 0 Å². The van der Waals surface area contributed by atoms with Crippen LogP contribution in [0.1, 0.15) is 42.2 Å². The van der Waals surface area contributed by atoms with Crippen molar-refractivity contribution in [2.24, 2.45) is 7.05 Å². The predicted octanol–water partition coefficient (Wildman–Crippen LogP) is 2.84. The number of aliphatic hydroxyl groups is 1. The Morgan fingerprint density at radius 3 is 2.44 bits per heavy atom. The Balaban J connectivity index is 1.77. The van der Waals surface area contributed by atoms with Crippen LogP contribution in [0.4, 0.5) is 0 Å². The molecule has 0 bridgehead atoms. The number of aryl methyl sites for hydroxylation is 1. The molecule has 3 aromatic rings. The fourth-order valence-electron chi connectivity index (χ4n) is 4.45. The minimum atomic E-state index is -0.646. The van der Waals surface area contributed by atoms with Gasteiger partial charge in [-0.15, -0.1) is 0 Å². The van der Waals surface area contributed by atoms with Crippen molar-refractivity contribution in [1.82, 2.24) is 4.57 Å². The summed E-state index contributed by atoms with van der Waals surface area (Å²) in [5.41, 5.74) is 4.39. The van der Waals surface area contributed by atoms with Crippen molar-refractivity contribution in [1.29, 1.82) is 0 Å². The molecule has 2 N–H and O–H groups in total. The van der Waals surface area contributed by atoms with Gasteiger partial charge in [0.25, 0.3) is 0 Å². The first kappa shape index (κ1) is 18.1. The van der Waals surface area contributed by atoms with Crippen LogP contribution < -0.4 is 9.64 Å². The van der Waals surface area contributed by atoms with E-state index in [1.54, 1.807) is 12.0 Å². The van der Waals surface area contributed by atoms with E-state index in [4.69, 9.17) is 4.74 Å². The molecule has 4 nitrogen and oxygen atoms in total. The standard InChI is InChI=1S/C23H28N2O2/c1-24-21-9-5-4-8-19(21)20(16-25-14-6-3-7-15-25)22(24)23(26)17-10-12-18(27-2)13-11-17/h4-5,8-13,23,26H,3,6-7,14-16H2,1-2H3/p+1/t23-/m1/s1. The molecule has 142 valence electrons. The summed E-state index contributed by atoms with van der Waals surface area (Å²) in [6.45, 7) is 3.42. The molecule has 0 radical (unpaired) electrons. The van der Waals surface area contributed by atoms with Crippen LogP contribution in [0.2, 0.25) is 0 Å². The number of hydrogen-bond donors (Lipinski definition) is 2. The maximum absolute atomic E-state index is 11.3. The third-order valence-corrected chi connectivity index (χ3v) is 5.94. The lowest BCUT2D eigenvalue weighted by Crippen LogP contribution is -3.11. The van der Waals surface area contributed by atoms with E-state index in [9.17, 15) is 5.11 Å². The monoisotopic (exact) mass is 365 g/mol. The van der Waals surface area contributed by atoms with Crippen LogP contribution in [0.25, 0.3) is 10.9 Å². The minimum Gasteiger partial charge on any atom is -0.497 e. The quantitative estimate of drug-likeness (QED) is 0.730. The lowest BCUT2D eigenvalue weighted by atomic mass is 10.0. The van der Waals surface area contributed by atoms with Crippen molar-refractivity contribution in [2.45, 2.75) is 31.9 Å². The fourth-order valence-corrected chi connectivity index (χ4v) is 4.45. The summed E-state index contributed by atoms with van der Waals surface area (Å²) in [6.07, 6.45) is 3.31. The van der Waals surface area contributed by atoms with Gasteiger partial charge in [0, 0.05) is 23.5 Å². The number of ether oxygens (including phenoxy) is 1. The van der Waals surface area contributed by atoms with E-state index < -0.39 is 6.10 Å². The summed E-state index contributed by atoms with van der Waals surface area (Å²) in [7, 11) is 3.73. The number of likely N-dealkylation sites (tertiary alicyclic amines) is 1. The van der Waals surface area contributed by atoms with E-state index in [2.05, 4.69) is 35.9 Å². The van der Waals surface area contributed by atoms with E-state index in [1.807, 2.05) is 24.3 Å². The zero-order chi connectivity index (χ0) is 18.8. The number of hydrogen-bond acceptors (Lipinski definition) is 2. The number of methoxy groups -OCH3 is 1. The summed E-state index contributed by atoms with van der Waals surface area (Å²) < 4.78 is 7.43. The number of aromatic nitrogens is 1. The van der Waals surface area contributed by atoms with Gasteiger partial charge in [0.05, 0.1) is 25.9 Å². The highest BCUT2D eigenvalue weighted by atomic mass is 16.5. The van der Waals surface area contributed by atoms with E-state index in [-0.39, 0.29) is 0 Å². The number of benzene rings is 2. The molecule has 2 aromatic carbocycles. The van der Waals surface area contributed by atoms with Gasteiger partial charge in [-0.3, -0.25) is 0 Å². The number of fused-ring (bicyclic) bond motifs is 1. The summed E-state index contributed by atoms with van der Waals surface area (Å²) in [6, 6.07) is 16.3. The van der Waals surface area contributed by atoms with E-state index in [0.717, 1.165) is 23.6 Å². The van der Waals surface area contributed by atoms with Crippen LogP contribution in [-0.4, -0.2) is 29.9 Å². The third kappa shape index (κ3) is 3.47. The molecular formula is C23H29N2O2+. The SMILES string of the molecule is COc1ccc([C@@H](O)c2c(C[NH+]3CCCCC3)c3ccccc3n2C)cc1. The van der Waals surface area contributed by atoms with Crippen molar-refractivity contribution in [3.63, 3.8) is 0 Å². The van der Waals surface area contributed by atoms with Gasteiger partial charge in [0.1, 0.15) is 18.4 Å². The predicted molar refractivity (Wildman–Crippen MR) is 108 cm³/mol. The van der Waals surface area contributed by atoms with Gasteiger partial charge < -0.3 is 19.3 Å². The Morgan fingerprint density at radius 2 is 1.74 bits per heavy atom. The Kier molecular flexibility index (Phi) is 5.19. The first-order valence-corrected chi connectivity index (χ1v) is 9.91. The Morgan fingerprint density at radius 1 is 1.04 bits per heavy atom. The van der Waals surface area contributed by atoms with Crippen LogP contribution in [-0.2, 0) is 13.6 Å². The highest BCUT2D eigenvalue weighted by molar-refractivity contribution is 5.85. The van der Waals surface area contributed by atoms with Gasteiger partial charge >= 0.3 is 0 Å². The molecule has 0 aliphatic carbocycles. The van der Waals surface area contributed by atoms with Gasteiger partial charge in [-0.2, -0.15) is 0 Å². The highest BCUT2D eigenvalue weighted by Gasteiger charge is 2.26. The number of quaternary nitrogens is 1. The van der Waals surface area contributed by atoms with Crippen LogP contribution in [0.15, 0.2) is 48.5 Å². The minimum absolute atomic E-state index is 0.646. The molecule has 1 aromatic heterocycles. The van der Waals surface area contributed by atoms with Gasteiger partial charge in [0.15, 0.2) is 0 Å². The number of nitrogens with zero attached hydrogens (tertiary/aromatic N) is 1. The fraction of sp³-hybridized carbons (Fsp3) is 0.391. The summed E-state index contributed by atoms with van der Waals surface area (Å²) in [4.78, 5) is 1.63. The zero-order valence-electron chi connectivity index (χ0n) is 16.2. The molecule has 1 atom stereocenters. The highest BCUT2D eigenvalue weighted by Crippen LogP contribution is 2.33. The first-order valence-electron chi connectivity index (χ1n) is 9.91. The normalized spacial score (nSPS) is 16.6. The van der Waals surface area contributed by atoms with Crippen molar-refractivity contribution >= 4 is 10.9 Å². The Bertz CT molecular complexity index is 908. The van der Waals surface area contributed by atoms with Crippen molar-refractivity contribution in [2.75, 3.05) is 20.2 Å². The molecule has 27 heavy (non-hydrogen) atoms. The molecular weight excluding hydrogens is 336 g/mol. The number of aliphatic hydroxyl groups excluding tert-OH is 1. The molecule has 1 aliphatic rings. The Labute approximate surface area is 161 Å².